The van der Waals surface area contributed by atoms with E-state index in [1.165, 1.54) is 20.6 Å². The molecule has 0 bridgehead atoms. The standard InChI is InChI=1S/C13H12BrNS/c14-11-4-1-3-9-7-10(8-15-13(9)11)12-5-2-6-16-12/h1-6,10,15H,7-8H2. The number of fused-ring (bicyclic) bond motifs is 1. The lowest BCUT2D eigenvalue weighted by Gasteiger charge is -2.26. The summed E-state index contributed by atoms with van der Waals surface area (Å²) in [5, 5.41) is 5.69. The quantitative estimate of drug-likeness (QED) is 0.828. The Morgan fingerprint density at radius 3 is 3.00 bits per heavy atom. The van der Waals surface area contributed by atoms with Crippen LogP contribution in [0.15, 0.2) is 40.2 Å². The maximum absolute atomic E-state index is 3.59. The molecular weight excluding hydrogens is 282 g/mol. The van der Waals surface area contributed by atoms with Gasteiger partial charge in [-0.3, -0.25) is 0 Å². The smallest absolute Gasteiger partial charge is 0.0517 e. The predicted molar refractivity (Wildman–Crippen MR) is 73.4 cm³/mol. The van der Waals surface area contributed by atoms with Crippen LogP contribution in [0.2, 0.25) is 0 Å². The molecule has 0 aliphatic carbocycles. The molecule has 3 heteroatoms. The second-order valence-electron chi connectivity index (χ2n) is 4.07. The van der Waals surface area contributed by atoms with Gasteiger partial charge in [0.25, 0.3) is 0 Å². The fourth-order valence-corrected chi connectivity index (χ4v) is 3.60. The highest BCUT2D eigenvalue weighted by atomic mass is 79.9. The van der Waals surface area contributed by atoms with E-state index in [1.807, 2.05) is 11.3 Å². The van der Waals surface area contributed by atoms with Crippen molar-refractivity contribution in [1.82, 2.24) is 0 Å². The number of hydrogen-bond acceptors (Lipinski definition) is 2. The molecule has 82 valence electrons. The molecule has 0 amide bonds. The molecule has 0 saturated heterocycles. The van der Waals surface area contributed by atoms with Crippen molar-refractivity contribution in [2.75, 3.05) is 11.9 Å². The third-order valence-corrected chi connectivity index (χ3v) is 4.73. The van der Waals surface area contributed by atoms with Crippen LogP contribution >= 0.6 is 27.3 Å². The normalized spacial score (nSPS) is 18.9. The molecule has 1 aromatic carbocycles. The Hall–Kier alpha value is -0.800. The molecule has 1 atom stereocenters. The van der Waals surface area contributed by atoms with Gasteiger partial charge in [0.05, 0.1) is 5.69 Å². The first-order chi connectivity index (χ1) is 7.84. The summed E-state index contributed by atoms with van der Waals surface area (Å²) in [5.74, 6) is 0.627. The van der Waals surface area contributed by atoms with E-state index in [4.69, 9.17) is 0 Å². The van der Waals surface area contributed by atoms with Crippen LogP contribution in [0.25, 0.3) is 0 Å². The van der Waals surface area contributed by atoms with E-state index in [1.54, 1.807) is 0 Å². The van der Waals surface area contributed by atoms with Crippen LogP contribution in [0.1, 0.15) is 16.4 Å². The predicted octanol–water partition coefficient (Wildman–Crippen LogP) is 4.26. The zero-order valence-electron chi connectivity index (χ0n) is 8.74. The van der Waals surface area contributed by atoms with Crippen LogP contribution in [0, 0.1) is 0 Å². The Kier molecular flexibility index (Phi) is 2.74. The van der Waals surface area contributed by atoms with E-state index in [9.17, 15) is 0 Å². The number of halogens is 1. The molecule has 1 nitrogen and oxygen atoms in total. The Balaban J connectivity index is 1.92. The molecule has 1 aromatic heterocycles. The Morgan fingerprint density at radius 2 is 2.19 bits per heavy atom. The summed E-state index contributed by atoms with van der Waals surface area (Å²) < 4.78 is 1.18. The van der Waals surface area contributed by atoms with E-state index >= 15 is 0 Å². The molecule has 1 aliphatic rings. The number of para-hydroxylation sites is 1. The third-order valence-electron chi connectivity index (χ3n) is 3.04. The lowest BCUT2D eigenvalue weighted by atomic mass is 9.93. The van der Waals surface area contributed by atoms with Crippen molar-refractivity contribution in [2.24, 2.45) is 0 Å². The molecule has 16 heavy (non-hydrogen) atoms. The van der Waals surface area contributed by atoms with Gasteiger partial charge in [0.2, 0.25) is 0 Å². The summed E-state index contributed by atoms with van der Waals surface area (Å²) in [6.45, 7) is 1.04. The highest BCUT2D eigenvalue weighted by Crippen LogP contribution is 2.36. The van der Waals surface area contributed by atoms with Gasteiger partial charge in [0.15, 0.2) is 0 Å². The molecule has 0 fully saturated rings. The van der Waals surface area contributed by atoms with E-state index in [2.05, 4.69) is 57.0 Å². The molecule has 0 spiro atoms. The van der Waals surface area contributed by atoms with Crippen molar-refractivity contribution in [3.63, 3.8) is 0 Å². The Labute approximate surface area is 108 Å². The number of thiophene rings is 1. The number of hydrogen-bond donors (Lipinski definition) is 1. The number of anilines is 1. The van der Waals surface area contributed by atoms with E-state index in [0.717, 1.165) is 13.0 Å². The SMILES string of the molecule is Brc1cccc2c1NCC(c1cccs1)C2. The van der Waals surface area contributed by atoms with Crippen LogP contribution in [-0.2, 0) is 6.42 Å². The van der Waals surface area contributed by atoms with Gasteiger partial charge < -0.3 is 5.32 Å². The molecule has 2 aromatic rings. The molecular formula is C13H12BrNS. The Bertz CT molecular complexity index is 493. The van der Waals surface area contributed by atoms with E-state index < -0.39 is 0 Å². The molecule has 1 N–H and O–H groups in total. The molecule has 0 radical (unpaired) electrons. The second-order valence-corrected chi connectivity index (χ2v) is 5.90. The molecule has 3 rings (SSSR count). The van der Waals surface area contributed by atoms with Gasteiger partial charge in [-0.2, -0.15) is 0 Å². The van der Waals surface area contributed by atoms with Crippen LogP contribution in [0.3, 0.4) is 0 Å². The third kappa shape index (κ3) is 1.78. The van der Waals surface area contributed by atoms with E-state index in [0.29, 0.717) is 5.92 Å². The van der Waals surface area contributed by atoms with Crippen LogP contribution in [0.5, 0.6) is 0 Å². The van der Waals surface area contributed by atoms with Gasteiger partial charge in [0, 0.05) is 21.8 Å². The maximum Gasteiger partial charge on any atom is 0.0517 e. The first-order valence-corrected chi connectivity index (χ1v) is 7.06. The van der Waals surface area contributed by atoms with Gasteiger partial charge in [-0.15, -0.1) is 11.3 Å². The van der Waals surface area contributed by atoms with E-state index in [-0.39, 0.29) is 0 Å². The summed E-state index contributed by atoms with van der Waals surface area (Å²) in [7, 11) is 0. The minimum Gasteiger partial charge on any atom is -0.383 e. The number of rotatable bonds is 1. The highest BCUT2D eigenvalue weighted by Gasteiger charge is 2.21. The lowest BCUT2D eigenvalue weighted by Crippen LogP contribution is -2.21. The summed E-state index contributed by atoms with van der Waals surface area (Å²) in [6.07, 6.45) is 1.14. The minimum absolute atomic E-state index is 0.627. The summed E-state index contributed by atoms with van der Waals surface area (Å²) in [5.41, 5.74) is 2.69. The average molecular weight is 294 g/mol. The van der Waals surface area contributed by atoms with Crippen LogP contribution < -0.4 is 5.32 Å². The molecule has 1 aliphatic heterocycles. The van der Waals surface area contributed by atoms with Crippen molar-refractivity contribution in [2.45, 2.75) is 12.3 Å². The lowest BCUT2D eigenvalue weighted by molar-refractivity contribution is 0.706. The first-order valence-electron chi connectivity index (χ1n) is 5.39. The first kappa shape index (κ1) is 10.4. The topological polar surface area (TPSA) is 12.0 Å². The fraction of sp³-hybridized carbons (Fsp3) is 0.231. The summed E-state index contributed by atoms with van der Waals surface area (Å²) in [6, 6.07) is 10.8. The second kappa shape index (κ2) is 4.22. The Morgan fingerprint density at radius 1 is 1.25 bits per heavy atom. The van der Waals surface area contributed by atoms with Gasteiger partial charge >= 0.3 is 0 Å². The van der Waals surface area contributed by atoms with Crippen molar-refractivity contribution in [3.05, 3.63) is 50.6 Å². The largest absolute Gasteiger partial charge is 0.383 e. The van der Waals surface area contributed by atoms with Crippen LogP contribution in [0.4, 0.5) is 5.69 Å². The van der Waals surface area contributed by atoms with Crippen molar-refractivity contribution in [1.29, 1.82) is 0 Å². The molecule has 0 saturated carbocycles. The number of nitrogens with one attached hydrogen (secondary N) is 1. The molecule has 1 unspecified atom stereocenters. The van der Waals surface area contributed by atoms with Gasteiger partial charge in [-0.25, -0.2) is 0 Å². The zero-order valence-corrected chi connectivity index (χ0v) is 11.1. The fourth-order valence-electron chi connectivity index (χ4n) is 2.22. The summed E-state index contributed by atoms with van der Waals surface area (Å²) >= 11 is 5.45. The maximum atomic E-state index is 3.59. The zero-order chi connectivity index (χ0) is 11.0. The monoisotopic (exact) mass is 293 g/mol. The average Bonchev–Trinajstić information content (AvgIpc) is 2.82. The van der Waals surface area contributed by atoms with Gasteiger partial charge in [-0.05, 0) is 45.4 Å². The van der Waals surface area contributed by atoms with Crippen LogP contribution in [-0.4, -0.2) is 6.54 Å². The number of benzene rings is 1. The summed E-state index contributed by atoms with van der Waals surface area (Å²) in [4.78, 5) is 1.48. The van der Waals surface area contributed by atoms with Crippen molar-refractivity contribution in [3.8, 4) is 0 Å². The highest BCUT2D eigenvalue weighted by molar-refractivity contribution is 9.10. The van der Waals surface area contributed by atoms with Gasteiger partial charge in [-0.1, -0.05) is 18.2 Å². The van der Waals surface area contributed by atoms with Crippen molar-refractivity contribution < 1.29 is 0 Å². The van der Waals surface area contributed by atoms with Gasteiger partial charge in [0.1, 0.15) is 0 Å². The molecule has 2 heterocycles. The van der Waals surface area contributed by atoms with Crippen molar-refractivity contribution >= 4 is 33.0 Å². The minimum atomic E-state index is 0.627.